The second kappa shape index (κ2) is 8.64. The summed E-state index contributed by atoms with van der Waals surface area (Å²) in [5, 5.41) is 17.1. The van der Waals surface area contributed by atoms with Gasteiger partial charge < -0.3 is 10.1 Å². The van der Waals surface area contributed by atoms with Crippen LogP contribution >= 0.6 is 0 Å². The van der Waals surface area contributed by atoms with Gasteiger partial charge in [-0.3, -0.25) is 4.79 Å². The second-order valence-corrected chi connectivity index (χ2v) is 7.95. The normalized spacial score (nSPS) is 11.3. The van der Waals surface area contributed by atoms with Crippen molar-refractivity contribution in [3.63, 3.8) is 0 Å². The number of benzene rings is 3. The summed E-state index contributed by atoms with van der Waals surface area (Å²) in [7, 11) is 0. The zero-order valence-electron chi connectivity index (χ0n) is 18.5. The van der Waals surface area contributed by atoms with E-state index in [1.807, 2.05) is 0 Å². The van der Waals surface area contributed by atoms with Crippen molar-refractivity contribution in [1.29, 1.82) is 0 Å². The number of fused-ring (bicyclic) bond motifs is 2. The lowest BCUT2D eigenvalue weighted by atomic mass is 9.98. The third-order valence-corrected chi connectivity index (χ3v) is 5.85. The average Bonchev–Trinajstić information content (AvgIpc) is 3.28. The summed E-state index contributed by atoms with van der Waals surface area (Å²) in [6.07, 6.45) is -0.945. The first-order valence-electron chi connectivity index (χ1n) is 10.8. The predicted octanol–water partition coefficient (Wildman–Crippen LogP) is 4.84. The van der Waals surface area contributed by atoms with Crippen molar-refractivity contribution in [2.75, 3.05) is 11.4 Å². The molecule has 0 saturated carbocycles. The number of anilines is 1. The maximum absolute atomic E-state index is 15.5. The predicted molar refractivity (Wildman–Crippen MR) is 128 cm³/mol. The van der Waals surface area contributed by atoms with Gasteiger partial charge in [-0.1, -0.05) is 24.3 Å². The molecule has 2 heterocycles. The van der Waals surface area contributed by atoms with Gasteiger partial charge >= 0.3 is 6.09 Å². The molecule has 3 N–H and O–H groups in total. The molecule has 0 aliphatic rings. The number of carboxylic acid groups (broad SMARTS) is 1. The van der Waals surface area contributed by atoms with Crippen LogP contribution in [-0.2, 0) is 6.42 Å². The monoisotopic (exact) mass is 475 g/mol. The molecule has 5 aromatic rings. The molecule has 5 rings (SSSR count). The zero-order valence-corrected chi connectivity index (χ0v) is 18.5. The molecule has 0 aliphatic heterocycles. The zero-order chi connectivity index (χ0) is 24.7. The lowest BCUT2D eigenvalue weighted by molar-refractivity contribution is 0.202. The number of H-pyrrole nitrogens is 2. The number of hydrogen-bond acceptors (Lipinski definition) is 4. The maximum atomic E-state index is 15.5. The summed E-state index contributed by atoms with van der Waals surface area (Å²) < 4.78 is 30.3. The Morgan fingerprint density at radius 2 is 1.83 bits per heavy atom. The minimum atomic E-state index is -1.23. The molecule has 0 radical (unpaired) electrons. The number of nitrogens with zero attached hydrogens (tertiary/aromatic N) is 3. The third-order valence-electron chi connectivity index (χ3n) is 5.85. The SMILES string of the molecule is CCN(C(=O)O)c1nc2c(F)c(-c3cc(Cc4n[nH]c(=O)c5ccccc45)ccc3F)ccc2[nH]1. The smallest absolute Gasteiger partial charge is 0.414 e. The van der Waals surface area contributed by atoms with Crippen molar-refractivity contribution in [3.8, 4) is 11.1 Å². The fourth-order valence-corrected chi connectivity index (χ4v) is 4.13. The number of rotatable bonds is 5. The topological polar surface area (TPSA) is 115 Å². The summed E-state index contributed by atoms with van der Waals surface area (Å²) in [6.45, 7) is 1.75. The van der Waals surface area contributed by atoms with Crippen molar-refractivity contribution in [2.45, 2.75) is 13.3 Å². The van der Waals surface area contributed by atoms with Crippen molar-refractivity contribution in [2.24, 2.45) is 0 Å². The van der Waals surface area contributed by atoms with Crippen LogP contribution < -0.4 is 10.5 Å². The summed E-state index contributed by atoms with van der Waals surface area (Å²) in [5.74, 6) is -1.41. The number of halogens is 2. The van der Waals surface area contributed by atoms with Gasteiger partial charge in [-0.05, 0) is 42.8 Å². The van der Waals surface area contributed by atoms with Crippen LogP contribution in [-0.4, -0.2) is 37.9 Å². The average molecular weight is 475 g/mol. The van der Waals surface area contributed by atoms with E-state index in [-0.39, 0.29) is 41.1 Å². The van der Waals surface area contributed by atoms with E-state index in [9.17, 15) is 19.1 Å². The van der Waals surface area contributed by atoms with Crippen molar-refractivity contribution in [1.82, 2.24) is 20.2 Å². The number of aromatic nitrogens is 4. The van der Waals surface area contributed by atoms with E-state index in [1.165, 1.54) is 24.3 Å². The highest BCUT2D eigenvalue weighted by atomic mass is 19.1. The van der Waals surface area contributed by atoms with E-state index in [2.05, 4.69) is 20.2 Å². The number of carbonyl (C=O) groups is 1. The minimum Gasteiger partial charge on any atom is -0.465 e. The maximum Gasteiger partial charge on any atom is 0.414 e. The van der Waals surface area contributed by atoms with E-state index in [0.29, 0.717) is 27.5 Å². The Hall–Kier alpha value is -4.60. The Balaban J connectivity index is 1.57. The van der Waals surface area contributed by atoms with E-state index >= 15 is 4.39 Å². The molecule has 10 heteroatoms. The highest BCUT2D eigenvalue weighted by Crippen LogP contribution is 2.32. The van der Waals surface area contributed by atoms with Crippen LogP contribution in [0.2, 0.25) is 0 Å². The molecule has 3 aromatic carbocycles. The Morgan fingerprint density at radius 3 is 2.57 bits per heavy atom. The van der Waals surface area contributed by atoms with Crippen LogP contribution in [0.4, 0.5) is 19.5 Å². The number of imidazole rings is 1. The number of aromatic amines is 2. The van der Waals surface area contributed by atoms with Gasteiger partial charge in [0.25, 0.3) is 5.56 Å². The molecule has 0 aliphatic carbocycles. The highest BCUT2D eigenvalue weighted by Gasteiger charge is 2.21. The molecular weight excluding hydrogens is 456 g/mol. The van der Waals surface area contributed by atoms with Crippen LogP contribution in [0.1, 0.15) is 18.2 Å². The van der Waals surface area contributed by atoms with Gasteiger partial charge in [-0.15, -0.1) is 0 Å². The van der Waals surface area contributed by atoms with Gasteiger partial charge in [-0.2, -0.15) is 5.10 Å². The number of amides is 1. The Morgan fingerprint density at radius 1 is 1.06 bits per heavy atom. The molecule has 1 amide bonds. The first-order chi connectivity index (χ1) is 16.9. The Labute approximate surface area is 196 Å². The fraction of sp³-hybridized carbons (Fsp3) is 0.120. The first-order valence-corrected chi connectivity index (χ1v) is 10.8. The van der Waals surface area contributed by atoms with Gasteiger partial charge in [0.05, 0.1) is 16.6 Å². The minimum absolute atomic E-state index is 0.00689. The largest absolute Gasteiger partial charge is 0.465 e. The van der Waals surface area contributed by atoms with Crippen LogP contribution in [0.5, 0.6) is 0 Å². The second-order valence-electron chi connectivity index (χ2n) is 7.95. The van der Waals surface area contributed by atoms with Gasteiger partial charge in [0, 0.05) is 29.5 Å². The van der Waals surface area contributed by atoms with Crippen molar-refractivity contribution >= 4 is 33.8 Å². The van der Waals surface area contributed by atoms with Crippen LogP contribution in [0.3, 0.4) is 0 Å². The number of nitrogens with one attached hydrogen (secondary N) is 2. The number of hydrogen-bond donors (Lipinski definition) is 3. The third kappa shape index (κ3) is 3.88. The Bertz CT molecular complexity index is 1660. The summed E-state index contributed by atoms with van der Waals surface area (Å²) in [6, 6.07) is 14.4. The van der Waals surface area contributed by atoms with E-state index < -0.39 is 17.7 Å². The molecule has 0 saturated heterocycles. The molecule has 176 valence electrons. The summed E-state index contributed by atoms with van der Waals surface area (Å²) in [5.41, 5.74) is 1.19. The van der Waals surface area contributed by atoms with Crippen molar-refractivity contribution < 1.29 is 18.7 Å². The lowest BCUT2D eigenvalue weighted by Crippen LogP contribution is -2.29. The van der Waals surface area contributed by atoms with Crippen LogP contribution in [0.15, 0.2) is 59.4 Å². The van der Waals surface area contributed by atoms with Gasteiger partial charge in [-0.25, -0.2) is 28.6 Å². The molecule has 2 aromatic heterocycles. The first kappa shape index (κ1) is 22.2. The van der Waals surface area contributed by atoms with E-state index in [0.717, 1.165) is 4.90 Å². The molecule has 35 heavy (non-hydrogen) atoms. The van der Waals surface area contributed by atoms with Gasteiger partial charge in [0.2, 0.25) is 5.95 Å². The fourth-order valence-electron chi connectivity index (χ4n) is 4.13. The van der Waals surface area contributed by atoms with Gasteiger partial charge in [0.1, 0.15) is 11.3 Å². The molecule has 0 spiro atoms. The molecular formula is C25H19F2N5O3. The summed E-state index contributed by atoms with van der Waals surface area (Å²) in [4.78, 5) is 31.3. The van der Waals surface area contributed by atoms with Crippen LogP contribution in [0, 0.1) is 11.6 Å². The quantitative estimate of drug-likeness (QED) is 0.337. The molecule has 0 bridgehead atoms. The molecule has 0 unspecified atom stereocenters. The van der Waals surface area contributed by atoms with Crippen LogP contribution in [0.25, 0.3) is 32.9 Å². The van der Waals surface area contributed by atoms with Gasteiger partial charge in [0.15, 0.2) is 5.82 Å². The lowest BCUT2D eigenvalue weighted by Gasteiger charge is -2.12. The summed E-state index contributed by atoms with van der Waals surface area (Å²) >= 11 is 0. The molecule has 0 atom stereocenters. The highest BCUT2D eigenvalue weighted by molar-refractivity contribution is 5.89. The molecule has 8 nitrogen and oxygen atoms in total. The Kier molecular flexibility index (Phi) is 5.48. The van der Waals surface area contributed by atoms with Crippen molar-refractivity contribution in [3.05, 3.63) is 87.8 Å². The molecule has 0 fully saturated rings. The van der Waals surface area contributed by atoms with E-state index in [1.54, 1.807) is 37.3 Å². The standard InChI is InChI=1S/C25H19F2N5O3/c1-2-32(25(34)35)24-28-19-10-8-15(21(27)22(19)29-24)17-11-13(7-9-18(17)26)12-20-14-5-3-4-6-16(14)23(33)31-30-20/h3-11H,2,12H2,1H3,(H,28,29)(H,31,33)(H,34,35). The van der Waals surface area contributed by atoms with E-state index in [4.69, 9.17) is 0 Å².